The molecule has 0 aromatic carbocycles. The van der Waals surface area contributed by atoms with Gasteiger partial charge in [-0.25, -0.2) is 0 Å². The molecule has 0 heterocycles. The Morgan fingerprint density at radius 1 is 1.24 bits per heavy atom. The van der Waals surface area contributed by atoms with Crippen LogP contribution in [0, 0.1) is 29.1 Å². The molecule has 1 rings (SSSR count). The molecule has 0 aromatic heterocycles. The van der Waals surface area contributed by atoms with Crippen molar-refractivity contribution >= 4 is 5.78 Å². The molecule has 0 aliphatic heterocycles. The fraction of sp³-hybridized carbons (Fsp3) is 0.867. The maximum atomic E-state index is 12.1. The van der Waals surface area contributed by atoms with Crippen molar-refractivity contribution in [1.29, 1.82) is 5.26 Å². The minimum Gasteiger partial charge on any atom is -0.298 e. The average molecular weight is 235 g/mol. The van der Waals surface area contributed by atoms with E-state index in [1.807, 2.05) is 0 Å². The van der Waals surface area contributed by atoms with E-state index in [1.54, 1.807) is 0 Å². The summed E-state index contributed by atoms with van der Waals surface area (Å²) < 4.78 is 0. The van der Waals surface area contributed by atoms with Crippen LogP contribution in [0.25, 0.3) is 0 Å². The first-order chi connectivity index (χ1) is 8.13. The Labute approximate surface area is 105 Å². The topological polar surface area (TPSA) is 40.9 Å². The second kappa shape index (κ2) is 7.48. The zero-order valence-corrected chi connectivity index (χ0v) is 11.2. The molecule has 2 nitrogen and oxygen atoms in total. The van der Waals surface area contributed by atoms with Gasteiger partial charge in [-0.2, -0.15) is 5.26 Å². The van der Waals surface area contributed by atoms with E-state index in [0.29, 0.717) is 18.3 Å². The molecule has 0 aromatic rings. The van der Waals surface area contributed by atoms with Crippen molar-refractivity contribution < 1.29 is 4.79 Å². The van der Waals surface area contributed by atoms with Gasteiger partial charge in [-0.15, -0.1) is 0 Å². The zero-order chi connectivity index (χ0) is 12.7. The number of hydrogen-bond donors (Lipinski definition) is 0. The molecule has 17 heavy (non-hydrogen) atoms. The van der Waals surface area contributed by atoms with Gasteiger partial charge in [-0.3, -0.25) is 4.79 Å². The molecule has 1 aliphatic carbocycles. The highest BCUT2D eigenvalue weighted by Gasteiger charge is 2.23. The molecule has 0 saturated heterocycles. The van der Waals surface area contributed by atoms with E-state index in [0.717, 1.165) is 6.42 Å². The monoisotopic (exact) mass is 235 g/mol. The second-order valence-electron chi connectivity index (χ2n) is 5.84. The summed E-state index contributed by atoms with van der Waals surface area (Å²) in [5, 5.41) is 9.06. The molecular formula is C15H25NO. The third-order valence-corrected chi connectivity index (χ3v) is 3.72. The number of carbonyl (C=O) groups is 1. The fourth-order valence-corrected chi connectivity index (χ4v) is 2.72. The summed E-state index contributed by atoms with van der Waals surface area (Å²) in [7, 11) is 0. The predicted molar refractivity (Wildman–Crippen MR) is 69.4 cm³/mol. The van der Waals surface area contributed by atoms with Gasteiger partial charge in [0, 0.05) is 6.42 Å². The maximum absolute atomic E-state index is 12.1. The molecule has 2 heteroatoms. The van der Waals surface area contributed by atoms with Crippen molar-refractivity contribution in [3.05, 3.63) is 0 Å². The molecule has 0 bridgehead atoms. The molecule has 0 spiro atoms. The van der Waals surface area contributed by atoms with Gasteiger partial charge >= 0.3 is 0 Å². The summed E-state index contributed by atoms with van der Waals surface area (Å²) >= 11 is 0. The van der Waals surface area contributed by atoms with E-state index >= 15 is 0 Å². The van der Waals surface area contributed by atoms with Gasteiger partial charge in [-0.05, 0) is 18.3 Å². The lowest BCUT2D eigenvalue weighted by molar-refractivity contribution is -0.122. The highest BCUT2D eigenvalue weighted by atomic mass is 16.1. The fourth-order valence-electron chi connectivity index (χ4n) is 2.72. The standard InChI is InChI=1S/C15H25NO/c1-12(2)9-14(11-16)15(17)10-13-7-5-3-4-6-8-13/h12-14H,3-10H2,1-2H3. The van der Waals surface area contributed by atoms with Crippen LogP contribution in [0.2, 0.25) is 0 Å². The van der Waals surface area contributed by atoms with Gasteiger partial charge in [0.25, 0.3) is 0 Å². The van der Waals surface area contributed by atoms with Crippen LogP contribution in [-0.4, -0.2) is 5.78 Å². The van der Waals surface area contributed by atoms with Crippen molar-refractivity contribution in [3.8, 4) is 6.07 Å². The minimum atomic E-state index is -0.363. The summed E-state index contributed by atoms with van der Waals surface area (Å²) in [6, 6.07) is 2.19. The number of nitrogens with zero attached hydrogens (tertiary/aromatic N) is 1. The van der Waals surface area contributed by atoms with Crippen LogP contribution in [0.5, 0.6) is 0 Å². The lowest BCUT2D eigenvalue weighted by atomic mass is 9.86. The van der Waals surface area contributed by atoms with Crippen LogP contribution in [-0.2, 0) is 4.79 Å². The van der Waals surface area contributed by atoms with E-state index in [-0.39, 0.29) is 11.7 Å². The van der Waals surface area contributed by atoms with Gasteiger partial charge in [-0.1, -0.05) is 52.4 Å². The smallest absolute Gasteiger partial charge is 0.150 e. The molecular weight excluding hydrogens is 210 g/mol. The Morgan fingerprint density at radius 3 is 2.29 bits per heavy atom. The Balaban J connectivity index is 2.42. The van der Waals surface area contributed by atoms with Crippen molar-refractivity contribution in [3.63, 3.8) is 0 Å². The van der Waals surface area contributed by atoms with Gasteiger partial charge in [0.2, 0.25) is 0 Å². The van der Waals surface area contributed by atoms with Gasteiger partial charge < -0.3 is 0 Å². The van der Waals surface area contributed by atoms with Crippen molar-refractivity contribution in [1.82, 2.24) is 0 Å². The Morgan fingerprint density at radius 2 is 1.82 bits per heavy atom. The van der Waals surface area contributed by atoms with Gasteiger partial charge in [0.1, 0.15) is 11.7 Å². The zero-order valence-electron chi connectivity index (χ0n) is 11.2. The third-order valence-electron chi connectivity index (χ3n) is 3.72. The summed E-state index contributed by atoms with van der Waals surface area (Å²) in [5.74, 6) is 0.803. The molecule has 0 N–H and O–H groups in total. The first-order valence-electron chi connectivity index (χ1n) is 7.05. The molecule has 0 amide bonds. The third kappa shape index (κ3) is 5.35. The second-order valence-corrected chi connectivity index (χ2v) is 5.84. The normalized spacial score (nSPS) is 19.6. The summed E-state index contributed by atoms with van der Waals surface area (Å²) in [6.45, 7) is 4.15. The summed E-state index contributed by atoms with van der Waals surface area (Å²) in [6.07, 6.45) is 8.90. The number of carbonyl (C=O) groups excluding carboxylic acids is 1. The van der Waals surface area contributed by atoms with Crippen molar-refractivity contribution in [2.75, 3.05) is 0 Å². The summed E-state index contributed by atoms with van der Waals surface area (Å²) in [5.41, 5.74) is 0. The van der Waals surface area contributed by atoms with Gasteiger partial charge in [0.15, 0.2) is 0 Å². The maximum Gasteiger partial charge on any atom is 0.150 e. The highest BCUT2D eigenvalue weighted by Crippen LogP contribution is 2.27. The van der Waals surface area contributed by atoms with Crippen LogP contribution in [0.1, 0.15) is 65.2 Å². The molecule has 96 valence electrons. The van der Waals surface area contributed by atoms with Crippen molar-refractivity contribution in [2.45, 2.75) is 65.2 Å². The van der Waals surface area contributed by atoms with Crippen LogP contribution < -0.4 is 0 Å². The molecule has 1 aliphatic rings. The van der Waals surface area contributed by atoms with E-state index < -0.39 is 0 Å². The first-order valence-corrected chi connectivity index (χ1v) is 7.05. The van der Waals surface area contributed by atoms with E-state index in [2.05, 4.69) is 19.9 Å². The Hall–Kier alpha value is -0.840. The van der Waals surface area contributed by atoms with Gasteiger partial charge in [0.05, 0.1) is 6.07 Å². The summed E-state index contributed by atoms with van der Waals surface area (Å²) in [4.78, 5) is 12.1. The Kier molecular flexibility index (Phi) is 6.26. The predicted octanol–water partition coefficient (Wildman–Crippen LogP) is 4.10. The molecule has 1 fully saturated rings. The number of Topliss-reactive ketones (excluding diaryl/α,β-unsaturated/α-hetero) is 1. The lowest BCUT2D eigenvalue weighted by Gasteiger charge is -2.16. The molecule has 1 unspecified atom stereocenters. The SMILES string of the molecule is CC(C)CC(C#N)C(=O)CC1CCCCCC1. The van der Waals surface area contributed by atoms with E-state index in [1.165, 1.54) is 38.5 Å². The van der Waals surface area contributed by atoms with Crippen LogP contribution in [0.15, 0.2) is 0 Å². The van der Waals surface area contributed by atoms with Crippen LogP contribution >= 0.6 is 0 Å². The highest BCUT2D eigenvalue weighted by molar-refractivity contribution is 5.83. The molecule has 1 saturated carbocycles. The first kappa shape index (κ1) is 14.2. The number of rotatable bonds is 5. The molecule has 0 radical (unpaired) electrons. The number of hydrogen-bond acceptors (Lipinski definition) is 2. The quantitative estimate of drug-likeness (QED) is 0.673. The molecule has 1 atom stereocenters. The van der Waals surface area contributed by atoms with E-state index in [9.17, 15) is 4.79 Å². The van der Waals surface area contributed by atoms with Crippen LogP contribution in [0.3, 0.4) is 0 Å². The average Bonchev–Trinajstić information content (AvgIpc) is 2.54. The minimum absolute atomic E-state index is 0.188. The number of ketones is 1. The van der Waals surface area contributed by atoms with Crippen molar-refractivity contribution in [2.24, 2.45) is 17.8 Å². The number of nitriles is 1. The van der Waals surface area contributed by atoms with E-state index in [4.69, 9.17) is 5.26 Å². The largest absolute Gasteiger partial charge is 0.298 e. The van der Waals surface area contributed by atoms with Crippen LogP contribution in [0.4, 0.5) is 0 Å². The lowest BCUT2D eigenvalue weighted by Crippen LogP contribution is -2.18. The Bertz CT molecular complexity index is 269.